The van der Waals surface area contributed by atoms with E-state index in [1.165, 1.54) is 10.4 Å². The number of amides is 1. The third-order valence-corrected chi connectivity index (χ3v) is 7.30. The van der Waals surface area contributed by atoms with Crippen LogP contribution in [0.5, 0.6) is 0 Å². The van der Waals surface area contributed by atoms with Crippen LogP contribution in [0, 0.1) is 5.82 Å². The molecule has 0 aliphatic carbocycles. The fraction of sp³-hybridized carbons (Fsp3) is 0.350. The van der Waals surface area contributed by atoms with Gasteiger partial charge in [0.15, 0.2) is 0 Å². The van der Waals surface area contributed by atoms with Crippen molar-refractivity contribution in [1.82, 2.24) is 4.31 Å². The Hall–Kier alpha value is -1.81. The number of sulfonamides is 1. The number of anilines is 1. The van der Waals surface area contributed by atoms with Gasteiger partial charge in [-0.3, -0.25) is 4.79 Å². The van der Waals surface area contributed by atoms with Crippen LogP contribution in [0.15, 0.2) is 51.8 Å². The maximum absolute atomic E-state index is 14.3. The molecule has 0 bridgehead atoms. The minimum Gasteiger partial charge on any atom is -0.379 e. The van der Waals surface area contributed by atoms with Gasteiger partial charge >= 0.3 is 0 Å². The van der Waals surface area contributed by atoms with Crippen LogP contribution in [0.4, 0.5) is 10.1 Å². The van der Waals surface area contributed by atoms with E-state index in [0.29, 0.717) is 0 Å². The molecule has 0 atom stereocenters. The third-order valence-electron chi connectivity index (χ3n) is 4.89. The summed E-state index contributed by atoms with van der Waals surface area (Å²) in [6.45, 7) is 4.37. The number of hydrogen-bond donors (Lipinski definition) is 1. The van der Waals surface area contributed by atoms with Gasteiger partial charge in [-0.15, -0.1) is 0 Å². The normalized spacial score (nSPS) is 15.9. The molecule has 0 aromatic heterocycles. The van der Waals surface area contributed by atoms with Crippen molar-refractivity contribution >= 4 is 37.5 Å². The van der Waals surface area contributed by atoms with E-state index >= 15 is 0 Å². The third kappa shape index (κ3) is 4.69. The summed E-state index contributed by atoms with van der Waals surface area (Å²) in [6.07, 6.45) is 0. The molecule has 1 amide bonds. The number of nitrogens with zero attached hydrogens (tertiary/aromatic N) is 1. The minimum absolute atomic E-state index is 0.161. The van der Waals surface area contributed by atoms with Crippen LogP contribution in [0.1, 0.15) is 19.4 Å². The van der Waals surface area contributed by atoms with E-state index in [4.69, 9.17) is 4.74 Å². The van der Waals surface area contributed by atoms with Gasteiger partial charge in [0.2, 0.25) is 15.9 Å². The summed E-state index contributed by atoms with van der Waals surface area (Å²) in [6, 6.07) is 10.9. The molecule has 3 rings (SSSR count). The molecular weight excluding hydrogens is 463 g/mol. The lowest BCUT2D eigenvalue weighted by Crippen LogP contribution is -2.41. The Bertz CT molecular complexity index is 1020. The van der Waals surface area contributed by atoms with Crippen LogP contribution in [0.3, 0.4) is 0 Å². The van der Waals surface area contributed by atoms with Crippen molar-refractivity contribution in [2.24, 2.45) is 0 Å². The zero-order valence-electron chi connectivity index (χ0n) is 16.1. The predicted octanol–water partition coefficient (Wildman–Crippen LogP) is 3.53. The number of nitrogens with one attached hydrogen (secondary N) is 1. The molecule has 6 nitrogen and oxygen atoms in total. The predicted molar refractivity (Wildman–Crippen MR) is 112 cm³/mol. The highest BCUT2D eigenvalue weighted by Gasteiger charge is 2.32. The minimum atomic E-state index is -4.02. The van der Waals surface area contributed by atoms with Gasteiger partial charge in [0.25, 0.3) is 0 Å². The zero-order chi connectivity index (χ0) is 21.2. The second-order valence-electron chi connectivity index (χ2n) is 7.25. The number of benzene rings is 2. The van der Waals surface area contributed by atoms with Crippen molar-refractivity contribution in [3.05, 3.63) is 58.3 Å². The molecule has 1 N–H and O–H groups in total. The van der Waals surface area contributed by atoms with E-state index in [9.17, 15) is 17.6 Å². The van der Waals surface area contributed by atoms with Gasteiger partial charge < -0.3 is 10.1 Å². The quantitative estimate of drug-likeness (QED) is 0.704. The van der Waals surface area contributed by atoms with E-state index in [2.05, 4.69) is 21.2 Å². The van der Waals surface area contributed by atoms with Crippen LogP contribution >= 0.6 is 15.9 Å². The second kappa shape index (κ2) is 8.51. The molecule has 2 aromatic rings. The fourth-order valence-electron chi connectivity index (χ4n) is 3.00. The number of carbonyl (C=O) groups is 1. The van der Waals surface area contributed by atoms with Gasteiger partial charge in [0.1, 0.15) is 10.7 Å². The molecule has 1 saturated heterocycles. The van der Waals surface area contributed by atoms with Crippen LogP contribution in [-0.4, -0.2) is 44.9 Å². The molecule has 0 unspecified atom stereocenters. The van der Waals surface area contributed by atoms with Crippen LogP contribution in [-0.2, 0) is 25.0 Å². The Kier molecular flexibility index (Phi) is 6.42. The van der Waals surface area contributed by atoms with E-state index in [0.717, 1.165) is 22.2 Å². The maximum Gasteiger partial charge on any atom is 0.246 e. The largest absolute Gasteiger partial charge is 0.379 e. The first kappa shape index (κ1) is 21.9. The number of hydrogen-bond acceptors (Lipinski definition) is 4. The lowest BCUT2D eigenvalue weighted by molar-refractivity contribution is -0.120. The summed E-state index contributed by atoms with van der Waals surface area (Å²) < 4.78 is 47.2. The highest BCUT2D eigenvalue weighted by Crippen LogP contribution is 2.29. The molecule has 29 heavy (non-hydrogen) atoms. The number of morpholine rings is 1. The van der Waals surface area contributed by atoms with Gasteiger partial charge in [-0.05, 0) is 49.7 Å². The second-order valence-corrected chi connectivity index (χ2v) is 10.1. The average molecular weight is 485 g/mol. The first-order valence-electron chi connectivity index (χ1n) is 9.07. The molecule has 156 valence electrons. The lowest BCUT2D eigenvalue weighted by atomic mass is 9.83. The summed E-state index contributed by atoms with van der Waals surface area (Å²) >= 11 is 3.39. The van der Waals surface area contributed by atoms with Crippen molar-refractivity contribution in [2.45, 2.75) is 24.2 Å². The molecule has 1 fully saturated rings. The van der Waals surface area contributed by atoms with Crippen molar-refractivity contribution in [3.8, 4) is 0 Å². The molecule has 0 spiro atoms. The molecule has 1 aliphatic rings. The van der Waals surface area contributed by atoms with Crippen LogP contribution in [0.2, 0.25) is 0 Å². The van der Waals surface area contributed by atoms with Crippen molar-refractivity contribution < 1.29 is 22.3 Å². The van der Waals surface area contributed by atoms with Gasteiger partial charge in [-0.25, -0.2) is 12.8 Å². The fourth-order valence-corrected chi connectivity index (χ4v) is 4.90. The molecule has 1 aliphatic heterocycles. The summed E-state index contributed by atoms with van der Waals surface area (Å²) in [5.74, 6) is -1.20. The van der Waals surface area contributed by atoms with E-state index < -0.39 is 26.2 Å². The highest BCUT2D eigenvalue weighted by atomic mass is 79.9. The average Bonchev–Trinajstić information content (AvgIpc) is 2.70. The number of rotatable bonds is 5. The van der Waals surface area contributed by atoms with E-state index in [1.807, 2.05) is 24.3 Å². The van der Waals surface area contributed by atoms with Crippen molar-refractivity contribution in [2.75, 3.05) is 31.6 Å². The molecule has 0 radical (unpaired) electrons. The summed E-state index contributed by atoms with van der Waals surface area (Å²) in [5.41, 5.74) is 0.112. The molecule has 2 aromatic carbocycles. The summed E-state index contributed by atoms with van der Waals surface area (Å²) in [4.78, 5) is 12.4. The number of carbonyl (C=O) groups excluding carboxylic acids is 1. The van der Waals surface area contributed by atoms with E-state index in [-0.39, 0.29) is 37.9 Å². The van der Waals surface area contributed by atoms with Crippen LogP contribution in [0.25, 0.3) is 0 Å². The Morgan fingerprint density at radius 2 is 1.86 bits per heavy atom. The van der Waals surface area contributed by atoms with Gasteiger partial charge in [0.05, 0.1) is 18.6 Å². The smallest absolute Gasteiger partial charge is 0.246 e. The summed E-state index contributed by atoms with van der Waals surface area (Å²) in [5, 5.41) is 2.71. The Labute approximate surface area is 178 Å². The molecular formula is C20H22BrFN2O4S. The lowest BCUT2D eigenvalue weighted by Gasteiger charge is -2.27. The van der Waals surface area contributed by atoms with E-state index in [1.54, 1.807) is 13.8 Å². The Morgan fingerprint density at radius 1 is 1.17 bits per heavy atom. The van der Waals surface area contributed by atoms with Gasteiger partial charge in [0, 0.05) is 23.2 Å². The molecule has 9 heteroatoms. The monoisotopic (exact) mass is 484 g/mol. The van der Waals surface area contributed by atoms with Gasteiger partial charge in [-0.1, -0.05) is 28.1 Å². The van der Waals surface area contributed by atoms with Crippen molar-refractivity contribution in [1.29, 1.82) is 0 Å². The molecule has 0 saturated carbocycles. The first-order chi connectivity index (χ1) is 13.6. The highest BCUT2D eigenvalue weighted by molar-refractivity contribution is 9.10. The van der Waals surface area contributed by atoms with Crippen LogP contribution < -0.4 is 5.32 Å². The maximum atomic E-state index is 14.3. The Morgan fingerprint density at radius 3 is 2.52 bits per heavy atom. The topological polar surface area (TPSA) is 75.7 Å². The van der Waals surface area contributed by atoms with Crippen molar-refractivity contribution in [3.63, 3.8) is 0 Å². The van der Waals surface area contributed by atoms with Gasteiger partial charge in [-0.2, -0.15) is 4.31 Å². The standard InChI is InChI=1S/C20H22BrFN2O4S/c1-20(2,14-4-3-5-15(21)12-14)19(25)23-16-6-7-17(22)18(13-16)29(26,27)24-8-10-28-11-9-24/h3-7,12-13H,8-11H2,1-2H3,(H,23,25). The molecule has 1 heterocycles. The Balaban J connectivity index is 1.87. The first-order valence-corrected chi connectivity index (χ1v) is 11.3. The number of ether oxygens (including phenoxy) is 1. The SMILES string of the molecule is CC(C)(C(=O)Nc1ccc(F)c(S(=O)(=O)N2CCOCC2)c1)c1cccc(Br)c1. The summed E-state index contributed by atoms with van der Waals surface area (Å²) in [7, 11) is -4.02. The zero-order valence-corrected chi connectivity index (χ0v) is 18.5. The number of halogens is 2.